The highest BCUT2D eigenvalue weighted by Gasteiger charge is 2.14. The molecule has 0 atom stereocenters. The van der Waals surface area contributed by atoms with Crippen molar-refractivity contribution in [1.29, 1.82) is 0 Å². The van der Waals surface area contributed by atoms with Gasteiger partial charge in [0.1, 0.15) is 17.4 Å². The van der Waals surface area contributed by atoms with Gasteiger partial charge in [0, 0.05) is 10.9 Å². The van der Waals surface area contributed by atoms with Crippen LogP contribution in [-0.2, 0) is 12.8 Å². The third kappa shape index (κ3) is 5.63. The zero-order valence-corrected chi connectivity index (χ0v) is 18.9. The van der Waals surface area contributed by atoms with Crippen molar-refractivity contribution in [3.8, 4) is 17.6 Å². The normalized spacial score (nSPS) is 10.8. The van der Waals surface area contributed by atoms with Crippen molar-refractivity contribution in [1.82, 2.24) is 0 Å². The molecule has 0 saturated heterocycles. The molecule has 178 valence electrons. The number of fused-ring (bicyclic) bond motifs is 1. The van der Waals surface area contributed by atoms with E-state index in [1.807, 2.05) is 31.2 Å². The molecular formula is C29H21F5O. The van der Waals surface area contributed by atoms with Gasteiger partial charge in [0.2, 0.25) is 0 Å². The van der Waals surface area contributed by atoms with Crippen LogP contribution in [0.4, 0.5) is 22.0 Å². The van der Waals surface area contributed by atoms with Gasteiger partial charge < -0.3 is 4.74 Å². The molecule has 0 amide bonds. The van der Waals surface area contributed by atoms with E-state index in [-0.39, 0.29) is 16.3 Å². The van der Waals surface area contributed by atoms with Crippen LogP contribution in [0.2, 0.25) is 0 Å². The van der Waals surface area contributed by atoms with Gasteiger partial charge in [0.15, 0.2) is 17.5 Å². The predicted octanol–water partition coefficient (Wildman–Crippen LogP) is 7.51. The Morgan fingerprint density at radius 1 is 0.686 bits per heavy atom. The molecule has 0 aliphatic heterocycles. The van der Waals surface area contributed by atoms with Crippen LogP contribution in [0.1, 0.15) is 35.6 Å². The molecule has 4 aromatic rings. The van der Waals surface area contributed by atoms with Gasteiger partial charge in [-0.05, 0) is 78.2 Å². The smallest absolute Gasteiger partial charge is 0.195 e. The van der Waals surface area contributed by atoms with Crippen LogP contribution in [0.3, 0.4) is 0 Å². The van der Waals surface area contributed by atoms with Gasteiger partial charge in [-0.2, -0.15) is 0 Å². The summed E-state index contributed by atoms with van der Waals surface area (Å²) in [6, 6.07) is 14.9. The van der Waals surface area contributed by atoms with Crippen molar-refractivity contribution < 1.29 is 26.7 Å². The zero-order chi connectivity index (χ0) is 24.9. The van der Waals surface area contributed by atoms with E-state index in [9.17, 15) is 22.0 Å². The van der Waals surface area contributed by atoms with Crippen LogP contribution in [-0.4, -0.2) is 6.61 Å². The van der Waals surface area contributed by atoms with Crippen LogP contribution in [0.5, 0.6) is 5.75 Å². The van der Waals surface area contributed by atoms with Crippen molar-refractivity contribution in [2.24, 2.45) is 0 Å². The standard InChI is InChI=1S/C29H21F5O/c1-2-13-35-22-9-5-18(6-10-22)3-4-20-15-25(30)24(26(31)16-20)12-8-19-7-11-23-21(14-19)17-27(32)29(34)28(23)33/h5-7,9-11,14-17H,2-4,13H2,1H3. The van der Waals surface area contributed by atoms with E-state index in [4.69, 9.17) is 4.74 Å². The second kappa shape index (κ2) is 10.6. The van der Waals surface area contributed by atoms with Gasteiger partial charge in [0.05, 0.1) is 12.2 Å². The molecule has 0 spiro atoms. The molecule has 0 N–H and O–H groups in total. The number of hydrogen-bond donors (Lipinski definition) is 0. The van der Waals surface area contributed by atoms with Crippen molar-refractivity contribution in [3.63, 3.8) is 0 Å². The third-order valence-corrected chi connectivity index (χ3v) is 5.50. The van der Waals surface area contributed by atoms with E-state index in [0.29, 0.717) is 25.0 Å². The maximum atomic E-state index is 14.6. The Labute approximate surface area is 200 Å². The monoisotopic (exact) mass is 480 g/mol. The quantitative estimate of drug-likeness (QED) is 0.158. The van der Waals surface area contributed by atoms with E-state index in [1.165, 1.54) is 30.3 Å². The maximum absolute atomic E-state index is 14.6. The second-order valence-corrected chi connectivity index (χ2v) is 8.10. The summed E-state index contributed by atoms with van der Waals surface area (Å²) in [5.41, 5.74) is 1.39. The zero-order valence-electron chi connectivity index (χ0n) is 18.9. The molecule has 0 bridgehead atoms. The van der Waals surface area contributed by atoms with Crippen molar-refractivity contribution in [3.05, 3.63) is 112 Å². The molecule has 4 rings (SSSR count). The summed E-state index contributed by atoms with van der Waals surface area (Å²) in [6.07, 6.45) is 1.96. The van der Waals surface area contributed by atoms with Gasteiger partial charge >= 0.3 is 0 Å². The number of aryl methyl sites for hydroxylation is 2. The number of ether oxygens (including phenoxy) is 1. The van der Waals surface area contributed by atoms with Crippen LogP contribution in [0.15, 0.2) is 60.7 Å². The van der Waals surface area contributed by atoms with Crippen LogP contribution in [0, 0.1) is 40.9 Å². The van der Waals surface area contributed by atoms with Crippen LogP contribution in [0.25, 0.3) is 10.8 Å². The molecule has 4 aromatic carbocycles. The van der Waals surface area contributed by atoms with Gasteiger partial charge in [-0.15, -0.1) is 0 Å². The Hall–Kier alpha value is -3.85. The summed E-state index contributed by atoms with van der Waals surface area (Å²) in [6.45, 7) is 2.67. The highest BCUT2D eigenvalue weighted by molar-refractivity contribution is 5.84. The average Bonchev–Trinajstić information content (AvgIpc) is 2.85. The first-order chi connectivity index (χ1) is 16.9. The molecule has 0 aliphatic carbocycles. The maximum Gasteiger partial charge on any atom is 0.195 e. The van der Waals surface area contributed by atoms with Crippen molar-refractivity contribution in [2.75, 3.05) is 6.61 Å². The lowest BCUT2D eigenvalue weighted by Gasteiger charge is -2.07. The van der Waals surface area contributed by atoms with Gasteiger partial charge in [-0.25, -0.2) is 22.0 Å². The molecule has 6 heteroatoms. The van der Waals surface area contributed by atoms with E-state index < -0.39 is 34.6 Å². The molecule has 0 radical (unpaired) electrons. The Bertz CT molecular complexity index is 1410. The van der Waals surface area contributed by atoms with E-state index in [2.05, 4.69) is 11.8 Å². The molecule has 0 aliphatic rings. The molecule has 0 fully saturated rings. The minimum absolute atomic E-state index is 0.0921. The minimum atomic E-state index is -1.56. The summed E-state index contributed by atoms with van der Waals surface area (Å²) in [7, 11) is 0. The van der Waals surface area contributed by atoms with Crippen LogP contribution < -0.4 is 4.74 Å². The third-order valence-electron chi connectivity index (χ3n) is 5.50. The first kappa shape index (κ1) is 24.3. The highest BCUT2D eigenvalue weighted by atomic mass is 19.2. The van der Waals surface area contributed by atoms with Gasteiger partial charge in [0.25, 0.3) is 0 Å². The first-order valence-electron chi connectivity index (χ1n) is 11.1. The Balaban J connectivity index is 1.49. The fraction of sp³-hybridized carbons (Fsp3) is 0.172. The number of halogens is 5. The second-order valence-electron chi connectivity index (χ2n) is 8.10. The molecule has 0 aromatic heterocycles. The van der Waals surface area contributed by atoms with E-state index >= 15 is 0 Å². The lowest BCUT2D eigenvalue weighted by Crippen LogP contribution is -1.98. The summed E-state index contributed by atoms with van der Waals surface area (Å²) in [4.78, 5) is 0. The Morgan fingerprint density at radius 3 is 2.06 bits per heavy atom. The van der Waals surface area contributed by atoms with E-state index in [0.717, 1.165) is 23.8 Å². The Kier molecular flexibility index (Phi) is 7.36. The Morgan fingerprint density at radius 2 is 1.37 bits per heavy atom. The molecule has 35 heavy (non-hydrogen) atoms. The SMILES string of the molecule is CCCOc1ccc(CCc2cc(F)c(C#Cc3ccc4c(F)c(F)c(F)cc4c3)c(F)c2)cc1. The highest BCUT2D eigenvalue weighted by Crippen LogP contribution is 2.24. The molecule has 1 nitrogen and oxygen atoms in total. The van der Waals surface area contributed by atoms with Crippen LogP contribution >= 0.6 is 0 Å². The summed E-state index contributed by atoms with van der Waals surface area (Å²) >= 11 is 0. The largest absolute Gasteiger partial charge is 0.494 e. The summed E-state index contributed by atoms with van der Waals surface area (Å²) < 4.78 is 75.5. The average molecular weight is 480 g/mol. The minimum Gasteiger partial charge on any atom is -0.494 e. The number of benzene rings is 4. The van der Waals surface area contributed by atoms with Crippen molar-refractivity contribution in [2.45, 2.75) is 26.2 Å². The van der Waals surface area contributed by atoms with Gasteiger partial charge in [-0.1, -0.05) is 37.0 Å². The lowest BCUT2D eigenvalue weighted by atomic mass is 10.0. The van der Waals surface area contributed by atoms with Gasteiger partial charge in [-0.3, -0.25) is 0 Å². The topological polar surface area (TPSA) is 9.23 Å². The number of hydrogen-bond acceptors (Lipinski definition) is 1. The molecular weight excluding hydrogens is 459 g/mol. The summed E-state index contributed by atoms with van der Waals surface area (Å²) in [5.74, 6) is 0.0664. The lowest BCUT2D eigenvalue weighted by molar-refractivity contribution is 0.317. The summed E-state index contributed by atoms with van der Waals surface area (Å²) in [5, 5.41) is -0.0197. The molecule has 0 saturated carbocycles. The molecule has 0 heterocycles. The van der Waals surface area contributed by atoms with Crippen molar-refractivity contribution >= 4 is 10.8 Å². The molecule has 0 unspecified atom stereocenters. The first-order valence-corrected chi connectivity index (χ1v) is 11.1. The van der Waals surface area contributed by atoms with E-state index in [1.54, 1.807) is 0 Å². The fourth-order valence-electron chi connectivity index (χ4n) is 3.67. The number of rotatable bonds is 6. The fourth-order valence-corrected chi connectivity index (χ4v) is 3.67. The predicted molar refractivity (Wildman–Crippen MR) is 126 cm³/mol.